The lowest BCUT2D eigenvalue weighted by molar-refractivity contribution is -0.138. The Labute approximate surface area is 193 Å². The van der Waals surface area contributed by atoms with Crippen LogP contribution in [0.15, 0.2) is 36.9 Å². The Hall–Kier alpha value is -3.23. The van der Waals surface area contributed by atoms with Crippen molar-refractivity contribution in [2.45, 2.75) is 43.5 Å². The van der Waals surface area contributed by atoms with Crippen molar-refractivity contribution in [3.05, 3.63) is 48.3 Å². The Morgan fingerprint density at radius 3 is 2.65 bits per heavy atom. The number of fused-ring (bicyclic) bond motifs is 1. The number of nitrogens with zero attached hydrogens (tertiary/aromatic N) is 5. The molecular weight excluding hydrogens is 449 g/mol. The number of rotatable bonds is 9. The van der Waals surface area contributed by atoms with E-state index >= 15 is 0 Å². The first-order valence-corrected chi connectivity index (χ1v) is 10.6. The first-order chi connectivity index (χ1) is 16.2. The summed E-state index contributed by atoms with van der Waals surface area (Å²) in [4.78, 5) is 25.2. The van der Waals surface area contributed by atoms with E-state index in [1.54, 1.807) is 12.1 Å². The summed E-state index contributed by atoms with van der Waals surface area (Å²) < 4.78 is 20.8. The standard InChI is InChI=1S/C21H26FN7O5/c22-12-3-1-11(2-4-12)7-28(6-5-13(23)21(32)33)8-14-16(30)17(31)20(34-14)29-10-27-15-18(24)25-9-26-19(15)29/h1-4,9-10,13-14,16-17,20,30-31H,5-8,23H2,(H,32,33)(H2,24,25,26)/t13-,14+,16+,17+,20+/m0/s1. The number of carboxylic acids is 1. The Balaban J connectivity index is 1.51. The van der Waals surface area contributed by atoms with Gasteiger partial charge in [-0.3, -0.25) is 14.3 Å². The zero-order chi connectivity index (χ0) is 24.4. The number of aliphatic hydroxyl groups is 2. The summed E-state index contributed by atoms with van der Waals surface area (Å²) >= 11 is 0. The summed E-state index contributed by atoms with van der Waals surface area (Å²) in [6.45, 7) is 0.760. The molecule has 1 fully saturated rings. The van der Waals surface area contributed by atoms with Gasteiger partial charge in [-0.15, -0.1) is 0 Å². The van der Waals surface area contributed by atoms with E-state index in [9.17, 15) is 19.4 Å². The van der Waals surface area contributed by atoms with Gasteiger partial charge in [0.05, 0.1) is 6.33 Å². The molecule has 3 heterocycles. The van der Waals surface area contributed by atoms with Gasteiger partial charge in [0, 0.05) is 19.6 Å². The van der Waals surface area contributed by atoms with E-state index in [0.29, 0.717) is 17.7 Å². The predicted molar refractivity (Wildman–Crippen MR) is 118 cm³/mol. The second-order valence-electron chi connectivity index (χ2n) is 8.22. The Morgan fingerprint density at radius 1 is 1.21 bits per heavy atom. The molecule has 1 saturated heterocycles. The van der Waals surface area contributed by atoms with E-state index in [2.05, 4.69) is 15.0 Å². The molecule has 12 nitrogen and oxygen atoms in total. The number of benzene rings is 1. The molecular formula is C21H26FN7O5. The highest BCUT2D eigenvalue weighted by molar-refractivity contribution is 5.81. The van der Waals surface area contributed by atoms with Crippen molar-refractivity contribution < 1.29 is 29.2 Å². The minimum absolute atomic E-state index is 0.147. The van der Waals surface area contributed by atoms with Crippen LogP contribution < -0.4 is 11.5 Å². The van der Waals surface area contributed by atoms with Crippen LogP contribution in [0.25, 0.3) is 11.2 Å². The zero-order valence-corrected chi connectivity index (χ0v) is 18.1. The Morgan fingerprint density at radius 2 is 1.94 bits per heavy atom. The van der Waals surface area contributed by atoms with Gasteiger partial charge in [0.2, 0.25) is 0 Å². The van der Waals surface area contributed by atoms with Crippen LogP contribution in [0.5, 0.6) is 0 Å². The maximum Gasteiger partial charge on any atom is 0.320 e. The fourth-order valence-electron chi connectivity index (χ4n) is 3.95. The number of nitrogens with two attached hydrogens (primary N) is 2. The predicted octanol–water partition coefficient (Wildman–Crippen LogP) is -0.529. The van der Waals surface area contributed by atoms with Crippen molar-refractivity contribution in [2.75, 3.05) is 18.8 Å². The van der Waals surface area contributed by atoms with Crippen molar-refractivity contribution >= 4 is 23.0 Å². The van der Waals surface area contributed by atoms with E-state index in [1.807, 2.05) is 4.90 Å². The molecule has 0 bridgehead atoms. The number of nitrogen functional groups attached to an aromatic ring is 1. The number of hydrogen-bond acceptors (Lipinski definition) is 10. The van der Waals surface area contributed by atoms with Gasteiger partial charge in [-0.25, -0.2) is 19.3 Å². The topological polar surface area (TPSA) is 186 Å². The molecule has 4 rings (SSSR count). The molecule has 0 saturated carbocycles. The third kappa shape index (κ3) is 4.98. The van der Waals surface area contributed by atoms with Crippen LogP contribution >= 0.6 is 0 Å². The van der Waals surface area contributed by atoms with Gasteiger partial charge in [-0.2, -0.15) is 0 Å². The minimum atomic E-state index is -1.28. The monoisotopic (exact) mass is 475 g/mol. The van der Waals surface area contributed by atoms with Crippen LogP contribution in [-0.4, -0.2) is 83.2 Å². The average Bonchev–Trinajstić information content (AvgIpc) is 3.36. The maximum atomic E-state index is 13.3. The number of hydrogen-bond donors (Lipinski definition) is 5. The SMILES string of the molecule is Nc1ncnc2c1ncn2[C@@H]1O[C@H](CN(CC[C@H](N)C(=O)O)Cc2ccc(F)cc2)[C@@H](O)[C@H]1O. The maximum absolute atomic E-state index is 13.3. The van der Waals surface area contributed by atoms with E-state index < -0.39 is 36.6 Å². The fourth-order valence-corrected chi connectivity index (χ4v) is 3.95. The normalized spacial score (nSPS) is 23.6. The van der Waals surface area contributed by atoms with Crippen LogP contribution in [0.3, 0.4) is 0 Å². The van der Waals surface area contributed by atoms with E-state index in [1.165, 1.54) is 29.4 Å². The van der Waals surface area contributed by atoms with Crippen molar-refractivity contribution in [3.63, 3.8) is 0 Å². The molecule has 0 spiro atoms. The largest absolute Gasteiger partial charge is 0.480 e. The highest BCUT2D eigenvalue weighted by atomic mass is 19.1. The summed E-state index contributed by atoms with van der Waals surface area (Å²) in [5.74, 6) is -1.32. The molecule has 1 aliphatic rings. The minimum Gasteiger partial charge on any atom is -0.480 e. The first-order valence-electron chi connectivity index (χ1n) is 10.6. The Kier molecular flexibility index (Phi) is 7.00. The second kappa shape index (κ2) is 9.95. The molecule has 0 amide bonds. The average molecular weight is 475 g/mol. The third-order valence-corrected chi connectivity index (χ3v) is 5.83. The number of ether oxygens (including phenoxy) is 1. The van der Waals surface area contributed by atoms with Crippen LogP contribution in [0.2, 0.25) is 0 Å². The van der Waals surface area contributed by atoms with Crippen molar-refractivity contribution in [2.24, 2.45) is 5.73 Å². The molecule has 1 aromatic carbocycles. The molecule has 13 heteroatoms. The van der Waals surface area contributed by atoms with Gasteiger partial charge in [-0.1, -0.05) is 12.1 Å². The number of aliphatic hydroxyl groups excluding tert-OH is 2. The van der Waals surface area contributed by atoms with Gasteiger partial charge >= 0.3 is 5.97 Å². The summed E-state index contributed by atoms with van der Waals surface area (Å²) in [5.41, 5.74) is 13.0. The van der Waals surface area contributed by atoms with E-state index in [4.69, 9.17) is 21.3 Å². The van der Waals surface area contributed by atoms with Crippen molar-refractivity contribution in [1.29, 1.82) is 0 Å². The summed E-state index contributed by atoms with van der Waals surface area (Å²) in [5, 5.41) is 30.5. The number of halogens is 1. The van der Waals surface area contributed by atoms with Gasteiger partial charge < -0.3 is 31.5 Å². The molecule has 1 aliphatic heterocycles. The van der Waals surface area contributed by atoms with Crippen LogP contribution in [0, 0.1) is 5.82 Å². The van der Waals surface area contributed by atoms with Gasteiger partial charge in [0.15, 0.2) is 17.7 Å². The van der Waals surface area contributed by atoms with E-state index in [-0.39, 0.29) is 31.1 Å². The molecule has 3 aromatic rings. The molecule has 0 unspecified atom stereocenters. The quantitative estimate of drug-likeness (QED) is 0.268. The molecule has 2 aromatic heterocycles. The fraction of sp³-hybridized carbons (Fsp3) is 0.429. The molecule has 5 atom stereocenters. The molecule has 34 heavy (non-hydrogen) atoms. The first kappa shape index (κ1) is 23.9. The second-order valence-corrected chi connectivity index (χ2v) is 8.22. The van der Waals surface area contributed by atoms with Crippen LogP contribution in [0.4, 0.5) is 10.2 Å². The molecule has 0 aliphatic carbocycles. The number of aromatic nitrogens is 4. The molecule has 7 N–H and O–H groups in total. The number of anilines is 1. The van der Waals surface area contributed by atoms with Gasteiger partial charge in [-0.05, 0) is 24.1 Å². The lowest BCUT2D eigenvalue weighted by atomic mass is 10.1. The number of carbonyl (C=O) groups is 1. The zero-order valence-electron chi connectivity index (χ0n) is 18.1. The Bertz CT molecular complexity index is 1140. The number of carboxylic acid groups (broad SMARTS) is 1. The molecule has 182 valence electrons. The van der Waals surface area contributed by atoms with Crippen molar-refractivity contribution in [3.8, 4) is 0 Å². The lowest BCUT2D eigenvalue weighted by Crippen LogP contribution is -2.42. The van der Waals surface area contributed by atoms with Gasteiger partial charge in [0.25, 0.3) is 0 Å². The number of aliphatic carboxylic acids is 1. The van der Waals surface area contributed by atoms with Crippen LogP contribution in [0.1, 0.15) is 18.2 Å². The third-order valence-electron chi connectivity index (χ3n) is 5.83. The highest BCUT2D eigenvalue weighted by Gasteiger charge is 2.44. The summed E-state index contributed by atoms with van der Waals surface area (Å²) in [6.07, 6.45) is -1.51. The highest BCUT2D eigenvalue weighted by Crippen LogP contribution is 2.32. The van der Waals surface area contributed by atoms with E-state index in [0.717, 1.165) is 5.56 Å². The van der Waals surface area contributed by atoms with Crippen LogP contribution in [-0.2, 0) is 16.1 Å². The van der Waals surface area contributed by atoms with Crippen molar-refractivity contribution in [1.82, 2.24) is 24.4 Å². The van der Waals surface area contributed by atoms with Gasteiger partial charge in [0.1, 0.15) is 42.0 Å². The molecule has 0 radical (unpaired) electrons. The number of imidazole rings is 1. The summed E-state index contributed by atoms with van der Waals surface area (Å²) in [7, 11) is 0. The summed E-state index contributed by atoms with van der Waals surface area (Å²) in [6, 6.07) is 4.82. The lowest BCUT2D eigenvalue weighted by Gasteiger charge is -2.27. The smallest absolute Gasteiger partial charge is 0.320 e.